The van der Waals surface area contributed by atoms with Crippen molar-refractivity contribution in [1.29, 1.82) is 0 Å². The Balaban J connectivity index is 3.38. The third kappa shape index (κ3) is 9.15. The molecule has 0 spiro atoms. The molecule has 11 heavy (non-hydrogen) atoms. The number of nitrogens with two attached hydrogens (primary N) is 1. The number of hydrogen-bond acceptors (Lipinski definition) is 3. The van der Waals surface area contributed by atoms with Crippen molar-refractivity contribution in [2.24, 2.45) is 10.7 Å². The molecule has 3 nitrogen and oxygen atoms in total. The molecule has 0 aliphatic rings. The van der Waals surface area contributed by atoms with Gasteiger partial charge in [-0.2, -0.15) is 0 Å². The molecule has 62 valence electrons. The second-order valence-electron chi connectivity index (χ2n) is 2.14. The van der Waals surface area contributed by atoms with Crippen LogP contribution < -0.4 is 5.73 Å². The fourth-order valence-corrected chi connectivity index (χ4v) is 0.420. The molecule has 0 saturated heterocycles. The molecule has 0 aliphatic carbocycles. The summed E-state index contributed by atoms with van der Waals surface area (Å²) in [6.07, 6.45) is 2.52. The molecule has 0 heterocycles. The van der Waals surface area contributed by atoms with E-state index in [4.69, 9.17) is 10.5 Å². The second kappa shape index (κ2) is 7.26. The van der Waals surface area contributed by atoms with E-state index in [2.05, 4.69) is 17.0 Å². The van der Waals surface area contributed by atoms with Crippen LogP contribution in [0.4, 0.5) is 0 Å². The lowest BCUT2D eigenvalue weighted by molar-refractivity contribution is 0.208. The van der Waals surface area contributed by atoms with Crippen molar-refractivity contribution in [3.63, 3.8) is 0 Å². The maximum atomic E-state index is 5.36. The Morgan fingerprint density at radius 3 is 3.00 bits per heavy atom. The Bertz CT molecular complexity index is 165. The molecule has 1 atom stereocenters. The molecule has 0 saturated carbocycles. The average Bonchev–Trinajstić information content (AvgIpc) is 1.96. The van der Waals surface area contributed by atoms with Gasteiger partial charge in [0.2, 0.25) is 0 Å². The van der Waals surface area contributed by atoms with Crippen molar-refractivity contribution in [2.75, 3.05) is 13.7 Å². The first kappa shape index (κ1) is 10.2. The topological polar surface area (TPSA) is 47.6 Å². The quantitative estimate of drug-likeness (QED) is 0.363. The largest absolute Gasteiger partial charge is 0.384 e. The number of methoxy groups -OCH3 is 1. The van der Waals surface area contributed by atoms with Crippen LogP contribution in [0.1, 0.15) is 13.3 Å². The standard InChI is InChI=1S/C8H14N2O/c1-8(9)4-6-10-5-3-7-11-2/h5,8H,3,7,9H2,1-2H3/b10-5+/t8-/m1/s1. The van der Waals surface area contributed by atoms with E-state index in [0.717, 1.165) is 6.42 Å². The fourth-order valence-electron chi connectivity index (χ4n) is 0.420. The van der Waals surface area contributed by atoms with Crippen LogP contribution in [0.25, 0.3) is 0 Å². The Kier molecular flexibility index (Phi) is 6.70. The zero-order valence-electron chi connectivity index (χ0n) is 7.00. The Morgan fingerprint density at radius 1 is 1.73 bits per heavy atom. The summed E-state index contributed by atoms with van der Waals surface area (Å²) in [6.45, 7) is 2.50. The summed E-state index contributed by atoms with van der Waals surface area (Å²) >= 11 is 0. The average molecular weight is 154 g/mol. The van der Waals surface area contributed by atoms with Crippen molar-refractivity contribution in [3.05, 3.63) is 0 Å². The van der Waals surface area contributed by atoms with Gasteiger partial charge in [-0.15, -0.1) is 0 Å². The van der Waals surface area contributed by atoms with E-state index in [-0.39, 0.29) is 6.04 Å². The summed E-state index contributed by atoms with van der Waals surface area (Å²) in [5.74, 6) is 2.71. The molecule has 0 aromatic carbocycles. The van der Waals surface area contributed by atoms with E-state index in [1.165, 1.54) is 0 Å². The third-order valence-electron chi connectivity index (χ3n) is 0.899. The van der Waals surface area contributed by atoms with Gasteiger partial charge in [-0.3, -0.25) is 0 Å². The smallest absolute Gasteiger partial charge is 0.0655 e. The molecule has 2 N–H and O–H groups in total. The number of hydrogen-bond donors (Lipinski definition) is 1. The zero-order chi connectivity index (χ0) is 8.53. The van der Waals surface area contributed by atoms with Crippen LogP contribution in [-0.2, 0) is 4.74 Å². The molecule has 0 bridgehead atoms. The summed E-state index contributed by atoms with van der Waals surface area (Å²) in [7, 11) is 1.65. The first-order valence-corrected chi connectivity index (χ1v) is 3.54. The molecule has 0 unspecified atom stereocenters. The molecule has 0 aromatic heterocycles. The highest BCUT2D eigenvalue weighted by molar-refractivity contribution is 5.58. The monoisotopic (exact) mass is 154 g/mol. The van der Waals surface area contributed by atoms with Gasteiger partial charge in [-0.05, 0) is 6.92 Å². The lowest BCUT2D eigenvalue weighted by Crippen LogP contribution is -2.10. The van der Waals surface area contributed by atoms with E-state index in [9.17, 15) is 0 Å². The molecule has 0 rings (SSSR count). The van der Waals surface area contributed by atoms with Crippen molar-refractivity contribution >= 4 is 6.21 Å². The minimum Gasteiger partial charge on any atom is -0.384 e. The summed E-state index contributed by atoms with van der Waals surface area (Å²) in [5.41, 5.74) is 5.36. The van der Waals surface area contributed by atoms with Gasteiger partial charge in [0.25, 0.3) is 0 Å². The Labute approximate surface area is 67.6 Å². The molecule has 0 fully saturated rings. The minimum absolute atomic E-state index is 0.102. The van der Waals surface area contributed by atoms with E-state index in [1.54, 1.807) is 13.3 Å². The van der Waals surface area contributed by atoms with Gasteiger partial charge in [0.15, 0.2) is 0 Å². The molecule has 0 radical (unpaired) electrons. The summed E-state index contributed by atoms with van der Waals surface area (Å²) in [4.78, 5) is 3.80. The van der Waals surface area contributed by atoms with Crippen LogP contribution in [-0.4, -0.2) is 26.0 Å². The summed E-state index contributed by atoms with van der Waals surface area (Å²) < 4.78 is 4.81. The lowest BCUT2D eigenvalue weighted by atomic mass is 10.4. The van der Waals surface area contributed by atoms with Gasteiger partial charge in [0.1, 0.15) is 0 Å². The molecular formula is C8H14N2O. The first-order chi connectivity index (χ1) is 5.27. The predicted octanol–water partition coefficient (Wildman–Crippen LogP) is 0.402. The van der Waals surface area contributed by atoms with Gasteiger partial charge in [0, 0.05) is 25.8 Å². The highest BCUT2D eigenvalue weighted by atomic mass is 16.5. The van der Waals surface area contributed by atoms with Crippen LogP contribution in [0.5, 0.6) is 0 Å². The number of aliphatic imine (C=N–C) groups is 1. The van der Waals surface area contributed by atoms with Crippen molar-refractivity contribution in [3.8, 4) is 12.0 Å². The van der Waals surface area contributed by atoms with Crippen LogP contribution >= 0.6 is 0 Å². The van der Waals surface area contributed by atoms with Crippen LogP contribution in [0.15, 0.2) is 4.99 Å². The van der Waals surface area contributed by atoms with Crippen LogP contribution in [0, 0.1) is 12.0 Å². The Hall–Kier alpha value is -0.850. The molecule has 0 aliphatic heterocycles. The van der Waals surface area contributed by atoms with Gasteiger partial charge in [-0.25, -0.2) is 4.99 Å². The first-order valence-electron chi connectivity index (χ1n) is 3.54. The van der Waals surface area contributed by atoms with Crippen LogP contribution in [0.3, 0.4) is 0 Å². The van der Waals surface area contributed by atoms with E-state index in [0.29, 0.717) is 6.61 Å². The minimum atomic E-state index is -0.102. The maximum Gasteiger partial charge on any atom is 0.0655 e. The highest BCUT2D eigenvalue weighted by Gasteiger charge is 1.79. The second-order valence-corrected chi connectivity index (χ2v) is 2.14. The number of nitrogens with zero attached hydrogens (tertiary/aromatic N) is 1. The maximum absolute atomic E-state index is 5.36. The van der Waals surface area contributed by atoms with Crippen LogP contribution in [0.2, 0.25) is 0 Å². The third-order valence-corrected chi connectivity index (χ3v) is 0.899. The molecule has 0 aromatic rings. The summed E-state index contributed by atoms with van der Waals surface area (Å²) in [6, 6.07) is 2.48. The molecular weight excluding hydrogens is 140 g/mol. The van der Waals surface area contributed by atoms with Crippen molar-refractivity contribution < 1.29 is 4.74 Å². The molecule has 3 heteroatoms. The predicted molar refractivity (Wildman–Crippen MR) is 46.4 cm³/mol. The van der Waals surface area contributed by atoms with E-state index in [1.807, 2.05) is 6.92 Å². The fraction of sp³-hybridized carbons (Fsp3) is 0.625. The van der Waals surface area contributed by atoms with Gasteiger partial charge >= 0.3 is 0 Å². The number of ether oxygens (including phenoxy) is 1. The zero-order valence-corrected chi connectivity index (χ0v) is 7.00. The Morgan fingerprint density at radius 2 is 2.45 bits per heavy atom. The normalized spacial score (nSPS) is 12.6. The lowest BCUT2D eigenvalue weighted by Gasteiger charge is -1.87. The number of rotatable bonds is 3. The van der Waals surface area contributed by atoms with Gasteiger partial charge in [-0.1, -0.05) is 5.92 Å². The van der Waals surface area contributed by atoms with E-state index >= 15 is 0 Å². The van der Waals surface area contributed by atoms with Crippen molar-refractivity contribution in [2.45, 2.75) is 19.4 Å². The SMILES string of the molecule is COCC/C=N/C#C[C@@H](C)N. The highest BCUT2D eigenvalue weighted by Crippen LogP contribution is 1.74. The van der Waals surface area contributed by atoms with Crippen molar-refractivity contribution in [1.82, 2.24) is 0 Å². The van der Waals surface area contributed by atoms with Gasteiger partial charge in [0.05, 0.1) is 12.6 Å². The molecule has 0 amide bonds. The van der Waals surface area contributed by atoms with E-state index < -0.39 is 0 Å². The summed E-state index contributed by atoms with van der Waals surface area (Å²) in [5, 5.41) is 0. The van der Waals surface area contributed by atoms with Gasteiger partial charge < -0.3 is 10.5 Å².